The third kappa shape index (κ3) is 2.57. The topological polar surface area (TPSA) is 111 Å². The number of nitrogens with two attached hydrogens (primary N) is 1. The Morgan fingerprint density at radius 2 is 2.41 bits per heavy atom. The second-order valence-corrected chi connectivity index (χ2v) is 5.77. The van der Waals surface area contributed by atoms with Gasteiger partial charge in [0.05, 0.1) is 10.2 Å². The number of nitrogen functional groups attached to an aromatic ring is 1. The van der Waals surface area contributed by atoms with E-state index in [4.69, 9.17) is 15.6 Å². The van der Waals surface area contributed by atoms with Crippen LogP contribution in [0.5, 0.6) is 0 Å². The van der Waals surface area contributed by atoms with Gasteiger partial charge in [-0.1, -0.05) is 11.8 Å². The Morgan fingerprint density at radius 1 is 1.71 bits per heavy atom. The van der Waals surface area contributed by atoms with Gasteiger partial charge < -0.3 is 20.7 Å². The molecule has 0 bridgehead atoms. The minimum absolute atomic E-state index is 0.144. The molecule has 3 atom stereocenters. The Balaban J connectivity index is 2.35. The van der Waals surface area contributed by atoms with Crippen molar-refractivity contribution in [3.05, 3.63) is 20.3 Å². The third-order valence-corrected chi connectivity index (χ3v) is 4.09. The van der Waals surface area contributed by atoms with Crippen molar-refractivity contribution in [1.29, 1.82) is 0 Å². The number of aliphatic hydroxyl groups excluding tert-OH is 2. The molecule has 0 saturated carbocycles. The van der Waals surface area contributed by atoms with Gasteiger partial charge in [0.15, 0.2) is 6.23 Å². The van der Waals surface area contributed by atoms with Crippen LogP contribution in [0.25, 0.3) is 0 Å². The quantitative estimate of drug-likeness (QED) is 0.592. The number of halogens is 1. The molecule has 2 rings (SSSR count). The van der Waals surface area contributed by atoms with E-state index in [9.17, 15) is 9.90 Å². The zero-order valence-electron chi connectivity index (χ0n) is 8.49. The maximum atomic E-state index is 11.6. The fourth-order valence-electron chi connectivity index (χ4n) is 1.41. The summed E-state index contributed by atoms with van der Waals surface area (Å²) in [5.74, 6) is 0.144. The lowest BCUT2D eigenvalue weighted by Crippen LogP contribution is -2.32. The van der Waals surface area contributed by atoms with Crippen molar-refractivity contribution in [2.75, 3.05) is 12.3 Å². The summed E-state index contributed by atoms with van der Waals surface area (Å²) in [6.45, 7) is -0.230. The van der Waals surface area contributed by atoms with E-state index in [0.29, 0.717) is 3.57 Å². The Bertz CT molecular complexity index is 482. The van der Waals surface area contributed by atoms with E-state index in [-0.39, 0.29) is 12.4 Å². The number of anilines is 1. The molecule has 1 fully saturated rings. The number of aliphatic hydroxyl groups is 2. The van der Waals surface area contributed by atoms with Crippen LogP contribution >= 0.6 is 34.4 Å². The van der Waals surface area contributed by atoms with Crippen LogP contribution in [0, 0.1) is 3.57 Å². The molecule has 7 nitrogen and oxygen atoms in total. The molecule has 0 aliphatic carbocycles. The van der Waals surface area contributed by atoms with E-state index in [1.807, 2.05) is 22.6 Å². The standard InChI is InChI=1S/C8H10IN3O4S/c9-3-1-12(8(15)11-5(3)10)6-7(14)17-4(2-13)16-6/h1,4,6-7,13-14H,2H2,(H2,10,11,15)/t4-,6+,7+/m0/s1. The summed E-state index contributed by atoms with van der Waals surface area (Å²) >= 11 is 2.98. The second kappa shape index (κ2) is 5.10. The average molecular weight is 371 g/mol. The average Bonchev–Trinajstić information content (AvgIpc) is 2.65. The van der Waals surface area contributed by atoms with Crippen LogP contribution in [0.15, 0.2) is 11.0 Å². The molecule has 2 heterocycles. The monoisotopic (exact) mass is 371 g/mol. The van der Waals surface area contributed by atoms with E-state index in [2.05, 4.69) is 4.98 Å². The SMILES string of the molecule is Nc1nc(=O)n([C@@H]2O[C@H](CO)S[C@H]2O)cc1I. The Labute approximate surface area is 114 Å². The van der Waals surface area contributed by atoms with E-state index < -0.39 is 22.8 Å². The largest absolute Gasteiger partial charge is 0.393 e. The normalized spacial score (nSPS) is 28.5. The maximum absolute atomic E-state index is 11.6. The van der Waals surface area contributed by atoms with Crippen molar-refractivity contribution in [1.82, 2.24) is 9.55 Å². The molecule has 4 N–H and O–H groups in total. The third-order valence-electron chi connectivity index (χ3n) is 2.18. The predicted molar refractivity (Wildman–Crippen MR) is 70.2 cm³/mol. The van der Waals surface area contributed by atoms with E-state index >= 15 is 0 Å². The fourth-order valence-corrected chi connectivity index (χ4v) is 2.73. The summed E-state index contributed by atoms with van der Waals surface area (Å²) in [5, 5.41) is 18.7. The smallest absolute Gasteiger partial charge is 0.351 e. The van der Waals surface area contributed by atoms with Crippen LogP contribution in [0.2, 0.25) is 0 Å². The van der Waals surface area contributed by atoms with Gasteiger partial charge in [-0.15, -0.1) is 0 Å². The molecule has 94 valence electrons. The van der Waals surface area contributed by atoms with Gasteiger partial charge in [-0.25, -0.2) is 4.79 Å². The molecule has 1 aliphatic heterocycles. The minimum Gasteiger partial charge on any atom is -0.393 e. The van der Waals surface area contributed by atoms with Crippen molar-refractivity contribution in [3.8, 4) is 0 Å². The van der Waals surface area contributed by atoms with E-state index in [0.717, 1.165) is 11.8 Å². The minimum atomic E-state index is -0.925. The molecule has 0 amide bonds. The summed E-state index contributed by atoms with van der Waals surface area (Å²) in [4.78, 5) is 15.2. The number of hydrogen-bond donors (Lipinski definition) is 3. The number of ether oxygens (including phenoxy) is 1. The molecule has 0 aromatic carbocycles. The number of thioether (sulfide) groups is 1. The summed E-state index contributed by atoms with van der Waals surface area (Å²) in [6.07, 6.45) is 0.616. The second-order valence-electron chi connectivity index (χ2n) is 3.33. The molecule has 1 aromatic heterocycles. The first-order valence-electron chi connectivity index (χ1n) is 4.67. The van der Waals surface area contributed by atoms with Gasteiger partial charge in [0.1, 0.15) is 16.7 Å². The fraction of sp³-hybridized carbons (Fsp3) is 0.500. The molecular weight excluding hydrogens is 361 g/mol. The van der Waals surface area contributed by atoms with Crippen molar-refractivity contribution in [3.63, 3.8) is 0 Å². The highest BCUT2D eigenvalue weighted by atomic mass is 127. The highest BCUT2D eigenvalue weighted by Gasteiger charge is 2.36. The van der Waals surface area contributed by atoms with Crippen LogP contribution in [-0.4, -0.2) is 37.2 Å². The molecule has 0 spiro atoms. The summed E-state index contributed by atoms with van der Waals surface area (Å²) in [5.41, 5.74) is 3.44. The van der Waals surface area contributed by atoms with Crippen molar-refractivity contribution in [2.24, 2.45) is 0 Å². The van der Waals surface area contributed by atoms with Crippen molar-refractivity contribution >= 4 is 40.2 Å². The molecule has 0 unspecified atom stereocenters. The lowest BCUT2D eigenvalue weighted by molar-refractivity contribution is -0.0525. The van der Waals surface area contributed by atoms with Gasteiger partial charge in [0, 0.05) is 6.20 Å². The van der Waals surface area contributed by atoms with Crippen LogP contribution in [0.4, 0.5) is 5.82 Å². The van der Waals surface area contributed by atoms with Gasteiger partial charge in [0.25, 0.3) is 0 Å². The molecule has 1 saturated heterocycles. The Hall–Kier alpha value is -0.360. The first-order chi connectivity index (χ1) is 8.02. The summed E-state index contributed by atoms with van der Waals surface area (Å²) in [6, 6.07) is 0. The van der Waals surface area contributed by atoms with Gasteiger partial charge in [-0.05, 0) is 22.6 Å². The zero-order chi connectivity index (χ0) is 12.6. The highest BCUT2D eigenvalue weighted by molar-refractivity contribution is 14.1. The van der Waals surface area contributed by atoms with E-state index in [1.54, 1.807) is 0 Å². The Morgan fingerprint density at radius 3 is 3.00 bits per heavy atom. The van der Waals surface area contributed by atoms with Crippen molar-refractivity contribution in [2.45, 2.75) is 17.1 Å². The van der Waals surface area contributed by atoms with Crippen LogP contribution < -0.4 is 11.4 Å². The van der Waals surface area contributed by atoms with Gasteiger partial charge in [0.2, 0.25) is 0 Å². The molecule has 17 heavy (non-hydrogen) atoms. The van der Waals surface area contributed by atoms with Gasteiger partial charge in [-0.3, -0.25) is 4.57 Å². The number of nitrogens with zero attached hydrogens (tertiary/aromatic N) is 2. The van der Waals surface area contributed by atoms with Crippen LogP contribution in [0.1, 0.15) is 6.23 Å². The first-order valence-corrected chi connectivity index (χ1v) is 6.69. The molecule has 0 radical (unpaired) electrons. The van der Waals surface area contributed by atoms with Crippen LogP contribution in [0.3, 0.4) is 0 Å². The zero-order valence-corrected chi connectivity index (χ0v) is 11.5. The molecule has 1 aromatic rings. The maximum Gasteiger partial charge on any atom is 0.351 e. The molecular formula is C8H10IN3O4S. The summed E-state index contributed by atoms with van der Waals surface area (Å²) < 4.78 is 7.09. The summed E-state index contributed by atoms with van der Waals surface area (Å²) in [7, 11) is 0. The Kier molecular flexibility index (Phi) is 3.92. The number of hydrogen-bond acceptors (Lipinski definition) is 7. The highest BCUT2D eigenvalue weighted by Crippen LogP contribution is 2.36. The lowest BCUT2D eigenvalue weighted by atomic mass is 10.5. The molecule has 9 heteroatoms. The molecule has 1 aliphatic rings. The number of aromatic nitrogens is 2. The lowest BCUT2D eigenvalue weighted by Gasteiger charge is -2.16. The number of rotatable bonds is 2. The van der Waals surface area contributed by atoms with Crippen molar-refractivity contribution < 1.29 is 14.9 Å². The van der Waals surface area contributed by atoms with Crippen LogP contribution in [-0.2, 0) is 4.74 Å². The van der Waals surface area contributed by atoms with Gasteiger partial charge >= 0.3 is 5.69 Å². The van der Waals surface area contributed by atoms with Gasteiger partial charge in [-0.2, -0.15) is 4.98 Å². The first kappa shape index (κ1) is 13.1. The van der Waals surface area contributed by atoms with E-state index in [1.165, 1.54) is 10.8 Å². The predicted octanol–water partition coefficient (Wildman–Crippen LogP) is -0.671.